The third kappa shape index (κ3) is 2.59. The van der Waals surface area contributed by atoms with Crippen molar-refractivity contribution in [3.63, 3.8) is 0 Å². The van der Waals surface area contributed by atoms with Crippen molar-refractivity contribution >= 4 is 34.9 Å². The van der Waals surface area contributed by atoms with Crippen LogP contribution < -0.4 is 10.6 Å². The topological polar surface area (TPSA) is 81.3 Å². The van der Waals surface area contributed by atoms with E-state index in [1.165, 1.54) is 6.20 Å². The number of morpholine rings is 1. The number of hydrogen-bond acceptors (Lipinski definition) is 5. The Kier molecular flexibility index (Phi) is 3.66. The molecule has 2 N–H and O–H groups in total. The van der Waals surface area contributed by atoms with Gasteiger partial charge in [0.15, 0.2) is 5.82 Å². The van der Waals surface area contributed by atoms with E-state index in [-0.39, 0.29) is 11.9 Å². The minimum Gasteiger partial charge on any atom is -0.377 e. The lowest BCUT2D eigenvalue weighted by atomic mass is 10.2. The summed E-state index contributed by atoms with van der Waals surface area (Å²) in [5, 5.41) is 0.390. The second-order valence-electron chi connectivity index (χ2n) is 3.50. The van der Waals surface area contributed by atoms with Crippen LogP contribution in [-0.2, 0) is 9.53 Å². The Balaban J connectivity index is 2.35. The highest BCUT2D eigenvalue weighted by molar-refractivity contribution is 6.33. The first-order valence-electron chi connectivity index (χ1n) is 4.91. The molecule has 0 spiro atoms. The van der Waals surface area contributed by atoms with Crippen LogP contribution in [0.15, 0.2) is 6.20 Å². The average Bonchev–Trinajstić information content (AvgIpc) is 2.32. The summed E-state index contributed by atoms with van der Waals surface area (Å²) in [6, 6.07) is -0.591. The summed E-state index contributed by atoms with van der Waals surface area (Å²) in [4.78, 5) is 20.8. The molecule has 92 valence electrons. The Morgan fingerprint density at radius 3 is 3.06 bits per heavy atom. The third-order valence-electron chi connectivity index (χ3n) is 2.43. The van der Waals surface area contributed by atoms with Gasteiger partial charge in [0.1, 0.15) is 11.1 Å². The number of ether oxygens (including phenoxy) is 1. The van der Waals surface area contributed by atoms with Gasteiger partial charge in [0, 0.05) is 6.54 Å². The molecule has 0 bridgehead atoms. The Morgan fingerprint density at radius 1 is 1.59 bits per heavy atom. The second kappa shape index (κ2) is 5.03. The van der Waals surface area contributed by atoms with Gasteiger partial charge in [-0.3, -0.25) is 4.79 Å². The van der Waals surface area contributed by atoms with Crippen LogP contribution in [-0.4, -0.2) is 41.7 Å². The molecule has 0 aliphatic carbocycles. The minimum absolute atomic E-state index is 0.0686. The summed E-state index contributed by atoms with van der Waals surface area (Å²) < 4.78 is 5.20. The van der Waals surface area contributed by atoms with Gasteiger partial charge < -0.3 is 15.4 Å². The number of hydrogen-bond donors (Lipinski definition) is 1. The van der Waals surface area contributed by atoms with Gasteiger partial charge in [0.2, 0.25) is 11.2 Å². The van der Waals surface area contributed by atoms with Gasteiger partial charge in [-0.05, 0) is 11.6 Å². The zero-order valence-corrected chi connectivity index (χ0v) is 10.3. The molecule has 17 heavy (non-hydrogen) atoms. The van der Waals surface area contributed by atoms with Crippen molar-refractivity contribution in [2.75, 3.05) is 24.7 Å². The zero-order valence-electron chi connectivity index (χ0n) is 8.77. The van der Waals surface area contributed by atoms with Crippen molar-refractivity contribution in [3.8, 4) is 0 Å². The lowest BCUT2D eigenvalue weighted by molar-refractivity contribution is -0.121. The number of nitrogens with zero attached hydrogens (tertiary/aromatic N) is 3. The molecule has 1 aromatic rings. The van der Waals surface area contributed by atoms with Crippen molar-refractivity contribution in [2.24, 2.45) is 5.73 Å². The number of primary amides is 1. The van der Waals surface area contributed by atoms with Crippen molar-refractivity contribution in [1.82, 2.24) is 9.97 Å². The zero-order chi connectivity index (χ0) is 12.4. The van der Waals surface area contributed by atoms with E-state index in [0.29, 0.717) is 24.0 Å². The van der Waals surface area contributed by atoms with Gasteiger partial charge in [-0.15, -0.1) is 0 Å². The fourth-order valence-corrected chi connectivity index (χ4v) is 1.96. The van der Waals surface area contributed by atoms with Crippen LogP contribution in [0.4, 0.5) is 5.82 Å². The molecule has 8 heteroatoms. The van der Waals surface area contributed by atoms with Gasteiger partial charge >= 0.3 is 0 Å². The van der Waals surface area contributed by atoms with Crippen molar-refractivity contribution in [2.45, 2.75) is 6.04 Å². The minimum atomic E-state index is -0.591. The highest BCUT2D eigenvalue weighted by Gasteiger charge is 2.30. The van der Waals surface area contributed by atoms with Crippen LogP contribution in [0.1, 0.15) is 0 Å². The Morgan fingerprint density at radius 2 is 2.35 bits per heavy atom. The van der Waals surface area contributed by atoms with Crippen molar-refractivity contribution < 1.29 is 9.53 Å². The number of anilines is 1. The number of nitrogens with two attached hydrogens (primary N) is 1. The molecule has 1 aliphatic rings. The molecule has 0 radical (unpaired) electrons. The van der Waals surface area contributed by atoms with E-state index >= 15 is 0 Å². The quantitative estimate of drug-likeness (QED) is 0.795. The SMILES string of the molecule is NC(=O)C1COCCN1c1nc(Cl)ncc1Cl. The number of amides is 1. The maximum Gasteiger partial charge on any atom is 0.242 e. The first-order chi connectivity index (χ1) is 8.09. The molecule has 1 amide bonds. The van der Waals surface area contributed by atoms with Crippen LogP contribution >= 0.6 is 23.2 Å². The molecular weight excluding hydrogens is 267 g/mol. The average molecular weight is 277 g/mol. The lowest BCUT2D eigenvalue weighted by Crippen LogP contribution is -2.53. The summed E-state index contributed by atoms with van der Waals surface area (Å²) in [5.74, 6) is -0.0886. The van der Waals surface area contributed by atoms with Gasteiger partial charge in [0.25, 0.3) is 0 Å². The van der Waals surface area contributed by atoms with Gasteiger partial charge in [-0.2, -0.15) is 4.98 Å². The van der Waals surface area contributed by atoms with Crippen LogP contribution in [0, 0.1) is 0 Å². The monoisotopic (exact) mass is 276 g/mol. The van der Waals surface area contributed by atoms with Crippen molar-refractivity contribution in [3.05, 3.63) is 16.5 Å². The van der Waals surface area contributed by atoms with E-state index < -0.39 is 11.9 Å². The number of carbonyl (C=O) groups excluding carboxylic acids is 1. The summed E-state index contributed by atoms with van der Waals surface area (Å²) in [6.07, 6.45) is 1.39. The summed E-state index contributed by atoms with van der Waals surface area (Å²) >= 11 is 11.7. The van der Waals surface area contributed by atoms with Crippen LogP contribution in [0.2, 0.25) is 10.3 Å². The Hall–Kier alpha value is -1.11. The molecule has 1 unspecified atom stereocenters. The van der Waals surface area contributed by atoms with Crippen molar-refractivity contribution in [1.29, 1.82) is 0 Å². The molecule has 6 nitrogen and oxygen atoms in total. The maximum absolute atomic E-state index is 11.3. The Bertz CT molecular complexity index is 443. The summed E-state index contributed by atoms with van der Waals surface area (Å²) in [7, 11) is 0. The first-order valence-corrected chi connectivity index (χ1v) is 5.67. The van der Waals surface area contributed by atoms with Gasteiger partial charge in [-0.25, -0.2) is 4.98 Å². The van der Waals surface area contributed by atoms with E-state index in [4.69, 9.17) is 33.7 Å². The van der Waals surface area contributed by atoms with Crippen LogP contribution in [0.25, 0.3) is 0 Å². The van der Waals surface area contributed by atoms with Crippen LogP contribution in [0.3, 0.4) is 0 Å². The smallest absolute Gasteiger partial charge is 0.242 e. The molecule has 1 atom stereocenters. The number of carbonyl (C=O) groups is 1. The van der Waals surface area contributed by atoms with Gasteiger partial charge in [0.05, 0.1) is 19.4 Å². The molecular formula is C9H10Cl2N4O2. The standard InChI is InChI=1S/C9H10Cl2N4O2/c10-5-3-13-9(11)14-8(5)15-1-2-17-4-6(15)7(12)16/h3,6H,1-2,4H2,(H2,12,16). The van der Waals surface area contributed by atoms with E-state index in [1.54, 1.807) is 4.90 Å². The second-order valence-corrected chi connectivity index (χ2v) is 4.24. The van der Waals surface area contributed by atoms with E-state index in [2.05, 4.69) is 9.97 Å². The summed E-state index contributed by atoms with van der Waals surface area (Å²) in [5.41, 5.74) is 5.30. The predicted molar refractivity (Wildman–Crippen MR) is 63.2 cm³/mol. The molecule has 1 saturated heterocycles. The molecule has 1 fully saturated rings. The fraction of sp³-hybridized carbons (Fsp3) is 0.444. The van der Waals surface area contributed by atoms with Crippen LogP contribution in [0.5, 0.6) is 0 Å². The number of halogens is 2. The molecule has 2 heterocycles. The molecule has 0 aromatic carbocycles. The normalized spacial score (nSPS) is 20.4. The van der Waals surface area contributed by atoms with Gasteiger partial charge in [-0.1, -0.05) is 11.6 Å². The summed E-state index contributed by atoms with van der Waals surface area (Å²) in [6.45, 7) is 1.16. The third-order valence-corrected chi connectivity index (χ3v) is 2.87. The number of rotatable bonds is 2. The predicted octanol–water partition coefficient (Wildman–Crippen LogP) is 0.474. The highest BCUT2D eigenvalue weighted by atomic mass is 35.5. The molecule has 2 rings (SSSR count). The molecule has 1 aliphatic heterocycles. The van der Waals surface area contributed by atoms with E-state index in [0.717, 1.165) is 0 Å². The molecule has 0 saturated carbocycles. The largest absolute Gasteiger partial charge is 0.377 e. The fourth-order valence-electron chi connectivity index (χ4n) is 1.63. The maximum atomic E-state index is 11.3. The van der Waals surface area contributed by atoms with E-state index in [1.807, 2.05) is 0 Å². The number of aromatic nitrogens is 2. The highest BCUT2D eigenvalue weighted by Crippen LogP contribution is 2.26. The van der Waals surface area contributed by atoms with E-state index in [9.17, 15) is 4.79 Å². The Labute approximate surface area is 108 Å². The lowest BCUT2D eigenvalue weighted by Gasteiger charge is -2.34. The first kappa shape index (κ1) is 12.3. The molecule has 1 aromatic heterocycles.